The summed E-state index contributed by atoms with van der Waals surface area (Å²) in [4.78, 5) is 14.8. The van der Waals surface area contributed by atoms with Crippen LogP contribution in [0.3, 0.4) is 0 Å². The van der Waals surface area contributed by atoms with Gasteiger partial charge in [-0.15, -0.1) is 0 Å². The molecule has 2 heterocycles. The van der Waals surface area contributed by atoms with Gasteiger partial charge < -0.3 is 15.4 Å². The summed E-state index contributed by atoms with van der Waals surface area (Å²) in [5, 5.41) is 4.85. The van der Waals surface area contributed by atoms with E-state index < -0.39 is 12.3 Å². The van der Waals surface area contributed by atoms with Crippen LogP contribution in [0.15, 0.2) is 83.5 Å². The van der Waals surface area contributed by atoms with E-state index in [1.807, 2.05) is 54.7 Å². The number of hydrogen-bond acceptors (Lipinski definition) is 4. The largest absolute Gasteiger partial charge is 0.399 e. The van der Waals surface area contributed by atoms with Crippen LogP contribution in [0.4, 0.5) is 10.1 Å². The predicted octanol–water partition coefficient (Wildman–Crippen LogP) is 5.51. The number of nitrogen functional groups attached to an aromatic ring is 1. The standard InChI is InChI=1S/C27H24BrFN4O2/c1-17-26(34)32(15-14-18-2-10-22(30)11-3-18)27(35-17)25-24(19-4-8-21(29)9-5-19)16-33(31-25)23-12-6-20(28)7-13-23/h2-13,16-17,27H,14-15,30H2,1H3/t17-,27-/m1/s1. The Kier molecular flexibility index (Phi) is 6.40. The predicted molar refractivity (Wildman–Crippen MR) is 136 cm³/mol. The second-order valence-electron chi connectivity index (χ2n) is 8.51. The first-order valence-electron chi connectivity index (χ1n) is 11.3. The number of halogens is 2. The van der Waals surface area contributed by atoms with E-state index in [0.29, 0.717) is 24.3 Å². The molecule has 0 bridgehead atoms. The summed E-state index contributed by atoms with van der Waals surface area (Å²) in [5.74, 6) is -0.407. The van der Waals surface area contributed by atoms with Crippen LogP contribution in [0.5, 0.6) is 0 Å². The summed E-state index contributed by atoms with van der Waals surface area (Å²) < 4.78 is 22.5. The van der Waals surface area contributed by atoms with Crippen molar-refractivity contribution in [3.8, 4) is 16.8 Å². The molecule has 5 rings (SSSR count). The summed E-state index contributed by atoms with van der Waals surface area (Å²) >= 11 is 3.46. The molecule has 6 nitrogen and oxygen atoms in total. The molecule has 178 valence electrons. The molecule has 1 aromatic heterocycles. The van der Waals surface area contributed by atoms with Gasteiger partial charge in [-0.25, -0.2) is 9.07 Å². The highest BCUT2D eigenvalue weighted by molar-refractivity contribution is 9.10. The molecule has 0 radical (unpaired) electrons. The molecule has 0 spiro atoms. The van der Waals surface area contributed by atoms with Gasteiger partial charge >= 0.3 is 0 Å². The first-order valence-corrected chi connectivity index (χ1v) is 12.1. The van der Waals surface area contributed by atoms with Crippen molar-refractivity contribution >= 4 is 27.5 Å². The zero-order valence-corrected chi connectivity index (χ0v) is 20.7. The Labute approximate surface area is 211 Å². The second-order valence-corrected chi connectivity index (χ2v) is 9.43. The fraction of sp³-hybridized carbons (Fsp3) is 0.185. The molecule has 35 heavy (non-hydrogen) atoms. The summed E-state index contributed by atoms with van der Waals surface area (Å²) in [6.07, 6.45) is 1.28. The minimum absolute atomic E-state index is 0.0892. The number of ether oxygens (including phenoxy) is 1. The minimum Gasteiger partial charge on any atom is -0.399 e. The molecular weight excluding hydrogens is 511 g/mol. The van der Waals surface area contributed by atoms with E-state index in [1.165, 1.54) is 12.1 Å². The molecule has 2 atom stereocenters. The smallest absolute Gasteiger partial charge is 0.253 e. The summed E-state index contributed by atoms with van der Waals surface area (Å²) in [6.45, 7) is 2.22. The van der Waals surface area contributed by atoms with Crippen LogP contribution in [-0.4, -0.2) is 33.2 Å². The Bertz CT molecular complexity index is 1340. The first kappa shape index (κ1) is 23.3. The van der Waals surface area contributed by atoms with Crippen molar-refractivity contribution in [1.82, 2.24) is 14.7 Å². The quantitative estimate of drug-likeness (QED) is 0.331. The third-order valence-corrected chi connectivity index (χ3v) is 6.62. The highest BCUT2D eigenvalue weighted by Gasteiger charge is 2.41. The molecular formula is C27H24BrFN4O2. The number of carbonyl (C=O) groups is 1. The summed E-state index contributed by atoms with van der Waals surface area (Å²) in [7, 11) is 0. The molecule has 1 amide bonds. The highest BCUT2D eigenvalue weighted by Crippen LogP contribution is 2.37. The van der Waals surface area contributed by atoms with Crippen molar-refractivity contribution in [2.75, 3.05) is 12.3 Å². The van der Waals surface area contributed by atoms with Gasteiger partial charge in [0.25, 0.3) is 5.91 Å². The van der Waals surface area contributed by atoms with Crippen LogP contribution in [0.25, 0.3) is 16.8 Å². The topological polar surface area (TPSA) is 73.4 Å². The van der Waals surface area contributed by atoms with Gasteiger partial charge in [-0.1, -0.05) is 40.2 Å². The summed E-state index contributed by atoms with van der Waals surface area (Å²) in [5.41, 5.74) is 10.6. The maximum atomic E-state index is 13.7. The van der Waals surface area contributed by atoms with E-state index in [2.05, 4.69) is 15.9 Å². The maximum absolute atomic E-state index is 13.7. The van der Waals surface area contributed by atoms with Gasteiger partial charge in [-0.3, -0.25) is 4.79 Å². The zero-order chi connectivity index (χ0) is 24.5. The number of amides is 1. The number of rotatable bonds is 6. The average Bonchev–Trinajstić information content (AvgIpc) is 3.41. The Morgan fingerprint density at radius 3 is 2.40 bits per heavy atom. The highest BCUT2D eigenvalue weighted by atomic mass is 79.9. The molecule has 0 saturated carbocycles. The number of nitrogens with zero attached hydrogens (tertiary/aromatic N) is 3. The van der Waals surface area contributed by atoms with Crippen LogP contribution in [0.1, 0.15) is 24.4 Å². The minimum atomic E-state index is -0.664. The van der Waals surface area contributed by atoms with Crippen molar-refractivity contribution in [2.24, 2.45) is 0 Å². The molecule has 3 aromatic carbocycles. The van der Waals surface area contributed by atoms with Gasteiger partial charge in [0, 0.05) is 28.5 Å². The number of benzene rings is 3. The molecule has 0 unspecified atom stereocenters. The van der Waals surface area contributed by atoms with E-state index in [9.17, 15) is 9.18 Å². The van der Waals surface area contributed by atoms with E-state index in [1.54, 1.807) is 28.6 Å². The van der Waals surface area contributed by atoms with E-state index in [0.717, 1.165) is 26.9 Å². The van der Waals surface area contributed by atoms with E-state index in [4.69, 9.17) is 15.6 Å². The number of hydrogen-bond donors (Lipinski definition) is 1. The Morgan fingerprint density at radius 1 is 1.03 bits per heavy atom. The summed E-state index contributed by atoms with van der Waals surface area (Å²) in [6, 6.07) is 21.6. The van der Waals surface area contributed by atoms with Crippen molar-refractivity contribution in [2.45, 2.75) is 25.7 Å². The fourth-order valence-corrected chi connectivity index (χ4v) is 4.46. The van der Waals surface area contributed by atoms with E-state index >= 15 is 0 Å². The number of anilines is 1. The average molecular weight is 535 g/mol. The molecule has 2 N–H and O–H groups in total. The fourth-order valence-electron chi connectivity index (χ4n) is 4.20. The first-order chi connectivity index (χ1) is 16.9. The molecule has 1 saturated heterocycles. The molecule has 8 heteroatoms. The van der Waals surface area contributed by atoms with Gasteiger partial charge in [-0.2, -0.15) is 5.10 Å². The molecule has 4 aromatic rings. The lowest BCUT2D eigenvalue weighted by molar-refractivity contribution is -0.130. The zero-order valence-electron chi connectivity index (χ0n) is 19.1. The SMILES string of the molecule is C[C@H]1O[C@H](c2nn(-c3ccc(Br)cc3)cc2-c2ccc(F)cc2)N(CCc2ccc(N)cc2)C1=O. The lowest BCUT2D eigenvalue weighted by Gasteiger charge is -2.23. The molecule has 1 aliphatic rings. The van der Waals surface area contributed by atoms with Gasteiger partial charge in [-0.05, 0) is 73.0 Å². The van der Waals surface area contributed by atoms with Crippen molar-refractivity contribution in [1.29, 1.82) is 0 Å². The van der Waals surface area contributed by atoms with Gasteiger partial charge in [0.05, 0.1) is 5.69 Å². The number of nitrogens with two attached hydrogens (primary N) is 1. The Morgan fingerprint density at radius 2 is 1.71 bits per heavy atom. The Balaban J connectivity index is 1.53. The molecule has 0 aliphatic carbocycles. The monoisotopic (exact) mass is 534 g/mol. The van der Waals surface area contributed by atoms with Crippen molar-refractivity contribution < 1.29 is 13.9 Å². The number of aromatic nitrogens is 2. The number of carbonyl (C=O) groups excluding carboxylic acids is 1. The van der Waals surface area contributed by atoms with E-state index in [-0.39, 0.29) is 11.7 Å². The van der Waals surface area contributed by atoms with Crippen LogP contribution in [0.2, 0.25) is 0 Å². The van der Waals surface area contributed by atoms with Gasteiger partial charge in [0.2, 0.25) is 0 Å². The van der Waals surface area contributed by atoms with Crippen molar-refractivity contribution in [3.05, 3.63) is 101 Å². The van der Waals surface area contributed by atoms with Crippen LogP contribution >= 0.6 is 15.9 Å². The third kappa shape index (κ3) is 4.85. The third-order valence-electron chi connectivity index (χ3n) is 6.09. The second kappa shape index (κ2) is 9.64. The normalized spacial score (nSPS) is 17.8. The lowest BCUT2D eigenvalue weighted by atomic mass is 10.1. The maximum Gasteiger partial charge on any atom is 0.253 e. The van der Waals surface area contributed by atoms with Crippen molar-refractivity contribution in [3.63, 3.8) is 0 Å². The van der Waals surface area contributed by atoms with Crippen LogP contribution in [-0.2, 0) is 16.0 Å². The Hall–Kier alpha value is -3.49. The van der Waals surface area contributed by atoms with Crippen LogP contribution < -0.4 is 5.73 Å². The molecule has 1 aliphatic heterocycles. The van der Waals surface area contributed by atoms with Gasteiger partial charge in [0.15, 0.2) is 6.23 Å². The lowest BCUT2D eigenvalue weighted by Crippen LogP contribution is -2.32. The molecule has 1 fully saturated rings. The van der Waals surface area contributed by atoms with Gasteiger partial charge in [0.1, 0.15) is 17.6 Å². The van der Waals surface area contributed by atoms with Crippen LogP contribution in [0, 0.1) is 5.82 Å².